The van der Waals surface area contributed by atoms with Gasteiger partial charge in [-0.25, -0.2) is 4.79 Å². The van der Waals surface area contributed by atoms with E-state index in [2.05, 4.69) is 6.08 Å². The summed E-state index contributed by atoms with van der Waals surface area (Å²) >= 11 is 0. The number of amides is 3. The average Bonchev–Trinajstić information content (AvgIpc) is 2.79. The molecular formula is C11H15N3O2. The van der Waals surface area contributed by atoms with Crippen LogP contribution in [-0.4, -0.2) is 59.4 Å². The topological polar surface area (TPSA) is 43.9 Å². The number of hydrogen-bond donors (Lipinski definition) is 0. The number of carbonyl (C=O) groups excluding carboxylic acids is 2. The molecule has 0 aromatic rings. The Morgan fingerprint density at radius 2 is 2.19 bits per heavy atom. The second kappa shape index (κ2) is 3.23. The highest BCUT2D eigenvalue weighted by Crippen LogP contribution is 2.27. The minimum absolute atomic E-state index is 0.0721. The summed E-state index contributed by atoms with van der Waals surface area (Å²) in [7, 11) is 1.82. The molecule has 0 aromatic heterocycles. The molecule has 5 nitrogen and oxygen atoms in total. The highest BCUT2D eigenvalue weighted by Gasteiger charge is 2.39. The molecule has 5 heteroatoms. The molecule has 3 amide bonds. The average molecular weight is 221 g/mol. The molecule has 2 saturated heterocycles. The lowest BCUT2D eigenvalue weighted by atomic mass is 10.1. The Morgan fingerprint density at radius 1 is 1.38 bits per heavy atom. The second-order valence-corrected chi connectivity index (χ2v) is 4.65. The van der Waals surface area contributed by atoms with E-state index in [4.69, 9.17) is 0 Å². The Labute approximate surface area is 94.3 Å². The van der Waals surface area contributed by atoms with E-state index in [1.165, 1.54) is 0 Å². The van der Waals surface area contributed by atoms with Gasteiger partial charge in [-0.05, 0) is 12.5 Å². The van der Waals surface area contributed by atoms with Gasteiger partial charge in [0.1, 0.15) is 0 Å². The van der Waals surface area contributed by atoms with Gasteiger partial charge in [-0.2, -0.15) is 0 Å². The van der Waals surface area contributed by atoms with Gasteiger partial charge in [-0.3, -0.25) is 4.79 Å². The first-order valence-electron chi connectivity index (χ1n) is 5.69. The van der Waals surface area contributed by atoms with E-state index in [-0.39, 0.29) is 18.0 Å². The summed E-state index contributed by atoms with van der Waals surface area (Å²) in [6, 6.07) is 0.215. The summed E-state index contributed by atoms with van der Waals surface area (Å²) in [5.74, 6) is 0.198. The first-order chi connectivity index (χ1) is 7.66. The third-order valence-electron chi connectivity index (χ3n) is 3.63. The molecule has 0 radical (unpaired) electrons. The largest absolute Gasteiger partial charge is 0.320 e. The Bertz CT molecular complexity index is 391. The van der Waals surface area contributed by atoms with Crippen molar-refractivity contribution in [1.29, 1.82) is 0 Å². The molecule has 3 aliphatic rings. The van der Waals surface area contributed by atoms with Crippen molar-refractivity contribution in [2.75, 3.05) is 26.7 Å². The van der Waals surface area contributed by atoms with Gasteiger partial charge in [0.15, 0.2) is 0 Å². The lowest BCUT2D eigenvalue weighted by Gasteiger charge is -2.27. The van der Waals surface area contributed by atoms with E-state index >= 15 is 0 Å². The van der Waals surface area contributed by atoms with Crippen molar-refractivity contribution >= 4 is 11.9 Å². The monoisotopic (exact) mass is 221 g/mol. The summed E-state index contributed by atoms with van der Waals surface area (Å²) in [4.78, 5) is 28.8. The molecule has 0 spiro atoms. The lowest BCUT2D eigenvalue weighted by molar-refractivity contribution is -0.126. The molecule has 3 aliphatic heterocycles. The van der Waals surface area contributed by atoms with Crippen molar-refractivity contribution in [2.45, 2.75) is 18.9 Å². The summed E-state index contributed by atoms with van der Waals surface area (Å²) in [6.45, 7) is 2.16. The maximum Gasteiger partial charge on any atom is 0.320 e. The molecule has 2 bridgehead atoms. The Hall–Kier alpha value is -1.52. The van der Waals surface area contributed by atoms with Crippen LogP contribution in [0.1, 0.15) is 12.8 Å². The van der Waals surface area contributed by atoms with Gasteiger partial charge in [0.05, 0.1) is 12.6 Å². The summed E-state index contributed by atoms with van der Waals surface area (Å²) in [5, 5.41) is 0. The van der Waals surface area contributed by atoms with Crippen molar-refractivity contribution in [3.05, 3.63) is 11.8 Å². The maximum absolute atomic E-state index is 11.7. The fourth-order valence-electron chi connectivity index (χ4n) is 2.69. The quantitative estimate of drug-likeness (QED) is 0.636. The van der Waals surface area contributed by atoms with Crippen LogP contribution in [0, 0.1) is 0 Å². The fraction of sp³-hybridized carbons (Fsp3) is 0.636. The molecule has 1 unspecified atom stereocenters. The van der Waals surface area contributed by atoms with Gasteiger partial charge < -0.3 is 14.7 Å². The zero-order valence-corrected chi connectivity index (χ0v) is 9.35. The zero-order valence-electron chi connectivity index (χ0n) is 9.35. The predicted molar refractivity (Wildman–Crippen MR) is 57.6 cm³/mol. The lowest BCUT2D eigenvalue weighted by Crippen LogP contribution is -2.37. The van der Waals surface area contributed by atoms with Crippen LogP contribution < -0.4 is 0 Å². The first kappa shape index (κ1) is 9.69. The van der Waals surface area contributed by atoms with Gasteiger partial charge >= 0.3 is 6.03 Å². The van der Waals surface area contributed by atoms with E-state index in [1.54, 1.807) is 4.90 Å². The first-order valence-corrected chi connectivity index (χ1v) is 5.69. The summed E-state index contributed by atoms with van der Waals surface area (Å²) in [5.41, 5.74) is 1.01. The molecule has 0 aromatic carbocycles. The number of urea groups is 1. The molecule has 0 N–H and O–H groups in total. The number of rotatable bonds is 1. The van der Waals surface area contributed by atoms with Gasteiger partial charge in [0, 0.05) is 32.3 Å². The van der Waals surface area contributed by atoms with Crippen LogP contribution in [-0.2, 0) is 4.79 Å². The standard InChI is InChI=1S/C11H15N3O2/c1-12-8-5-9(7-13(6-8)11(12)16)14-4-2-3-10(14)15/h5,8H,2-4,6-7H2,1H3. The SMILES string of the molecule is CN1C(=O)N2CC(N3CCCC3=O)=CC1C2. The summed E-state index contributed by atoms with van der Waals surface area (Å²) in [6.07, 6.45) is 3.65. The van der Waals surface area contributed by atoms with Gasteiger partial charge in [0.25, 0.3) is 0 Å². The zero-order chi connectivity index (χ0) is 11.3. The second-order valence-electron chi connectivity index (χ2n) is 4.65. The molecule has 3 heterocycles. The van der Waals surface area contributed by atoms with E-state index in [1.807, 2.05) is 16.8 Å². The van der Waals surface area contributed by atoms with Crippen LogP contribution in [0.25, 0.3) is 0 Å². The van der Waals surface area contributed by atoms with E-state index in [9.17, 15) is 9.59 Å². The van der Waals surface area contributed by atoms with Gasteiger partial charge in [0.2, 0.25) is 5.91 Å². The number of likely N-dealkylation sites (tertiary alicyclic amines) is 1. The van der Waals surface area contributed by atoms with Crippen LogP contribution >= 0.6 is 0 Å². The fourth-order valence-corrected chi connectivity index (χ4v) is 2.69. The normalized spacial score (nSPS) is 29.2. The maximum atomic E-state index is 11.7. The smallest absolute Gasteiger partial charge is 0.319 e. The minimum Gasteiger partial charge on any atom is -0.319 e. The highest BCUT2D eigenvalue weighted by molar-refractivity contribution is 5.82. The number of carbonyl (C=O) groups is 2. The van der Waals surface area contributed by atoms with Gasteiger partial charge in [-0.1, -0.05) is 0 Å². The Balaban J connectivity index is 1.86. The minimum atomic E-state index is 0.0721. The number of likely N-dealkylation sites (N-methyl/N-ethyl adjacent to an activating group) is 1. The summed E-state index contributed by atoms with van der Waals surface area (Å²) < 4.78 is 0. The van der Waals surface area contributed by atoms with Crippen molar-refractivity contribution in [1.82, 2.24) is 14.7 Å². The third kappa shape index (κ3) is 1.24. The molecule has 0 aliphatic carbocycles. The van der Waals surface area contributed by atoms with Crippen LogP contribution in [0.5, 0.6) is 0 Å². The van der Waals surface area contributed by atoms with Crippen LogP contribution in [0.2, 0.25) is 0 Å². The van der Waals surface area contributed by atoms with E-state index in [0.717, 1.165) is 25.2 Å². The van der Waals surface area contributed by atoms with E-state index in [0.29, 0.717) is 13.0 Å². The Morgan fingerprint density at radius 3 is 2.81 bits per heavy atom. The number of nitrogens with zero attached hydrogens (tertiary/aromatic N) is 3. The predicted octanol–water partition coefficient (Wildman–Crippen LogP) is 0.242. The van der Waals surface area contributed by atoms with Crippen molar-refractivity contribution < 1.29 is 9.59 Å². The Kier molecular flexibility index (Phi) is 1.96. The van der Waals surface area contributed by atoms with Crippen molar-refractivity contribution in [3.8, 4) is 0 Å². The van der Waals surface area contributed by atoms with Crippen LogP contribution in [0.4, 0.5) is 4.79 Å². The van der Waals surface area contributed by atoms with Gasteiger partial charge in [-0.15, -0.1) is 0 Å². The highest BCUT2D eigenvalue weighted by atomic mass is 16.2. The molecule has 2 fully saturated rings. The van der Waals surface area contributed by atoms with Crippen molar-refractivity contribution in [2.24, 2.45) is 0 Å². The molecule has 1 atom stereocenters. The molecule has 3 rings (SSSR count). The van der Waals surface area contributed by atoms with Crippen LogP contribution in [0.15, 0.2) is 11.8 Å². The number of hydrogen-bond acceptors (Lipinski definition) is 2. The van der Waals surface area contributed by atoms with Crippen molar-refractivity contribution in [3.63, 3.8) is 0 Å². The number of fused-ring (bicyclic) bond motifs is 2. The third-order valence-corrected chi connectivity index (χ3v) is 3.63. The van der Waals surface area contributed by atoms with E-state index < -0.39 is 0 Å². The molecule has 0 saturated carbocycles. The molecule has 86 valence electrons. The van der Waals surface area contributed by atoms with Crippen LogP contribution in [0.3, 0.4) is 0 Å². The molecular weight excluding hydrogens is 206 g/mol. The molecule has 16 heavy (non-hydrogen) atoms.